The molecule has 27 heavy (non-hydrogen) atoms. The number of aliphatic hydroxyl groups excluding tert-OH is 1. The van der Waals surface area contributed by atoms with E-state index in [1.54, 1.807) is 0 Å². The van der Waals surface area contributed by atoms with Gasteiger partial charge in [0.25, 0.3) is 0 Å². The van der Waals surface area contributed by atoms with Crippen molar-refractivity contribution in [3.8, 4) is 11.5 Å². The van der Waals surface area contributed by atoms with Gasteiger partial charge < -0.3 is 24.4 Å². The van der Waals surface area contributed by atoms with E-state index in [1.807, 2.05) is 6.07 Å². The van der Waals surface area contributed by atoms with Gasteiger partial charge in [-0.05, 0) is 81.9 Å². The van der Waals surface area contributed by atoms with E-state index in [4.69, 9.17) is 9.47 Å². The lowest BCUT2D eigenvalue weighted by Gasteiger charge is -2.43. The number of hydrogen-bond donors (Lipinski definition) is 1. The van der Waals surface area contributed by atoms with Gasteiger partial charge in [0.2, 0.25) is 6.79 Å². The fraction of sp³-hybridized carbons (Fsp3) is 0.727. The molecule has 3 heterocycles. The Hall–Kier alpha value is -1.30. The van der Waals surface area contributed by atoms with Crippen molar-refractivity contribution in [2.24, 2.45) is 11.3 Å². The van der Waals surface area contributed by atoms with Gasteiger partial charge in [0.05, 0.1) is 6.61 Å². The molecule has 150 valence electrons. The summed E-state index contributed by atoms with van der Waals surface area (Å²) in [5.41, 5.74) is 1.45. The molecule has 0 aromatic heterocycles. The van der Waals surface area contributed by atoms with Crippen molar-refractivity contribution in [1.82, 2.24) is 9.80 Å². The fourth-order valence-electron chi connectivity index (χ4n) is 4.97. The summed E-state index contributed by atoms with van der Waals surface area (Å²) in [6.07, 6.45) is 5.95. The second-order valence-electron chi connectivity index (χ2n) is 8.94. The Balaban J connectivity index is 1.25. The molecule has 0 aliphatic carbocycles. The third-order valence-electron chi connectivity index (χ3n) is 6.60. The summed E-state index contributed by atoms with van der Waals surface area (Å²) in [6, 6.07) is 6.31. The van der Waals surface area contributed by atoms with E-state index in [9.17, 15) is 5.11 Å². The summed E-state index contributed by atoms with van der Waals surface area (Å²) >= 11 is 0. The van der Waals surface area contributed by atoms with E-state index in [0.717, 1.165) is 56.9 Å². The lowest BCUT2D eigenvalue weighted by Crippen LogP contribution is -2.48. The van der Waals surface area contributed by atoms with Gasteiger partial charge in [-0.3, -0.25) is 0 Å². The van der Waals surface area contributed by atoms with Gasteiger partial charge in [-0.25, -0.2) is 0 Å². The van der Waals surface area contributed by atoms with Gasteiger partial charge in [0.15, 0.2) is 11.5 Å². The number of nitrogens with zero attached hydrogens (tertiary/aromatic N) is 2. The highest BCUT2D eigenvalue weighted by molar-refractivity contribution is 5.44. The Labute approximate surface area is 163 Å². The zero-order chi connectivity index (χ0) is 18.7. The third kappa shape index (κ3) is 4.58. The zero-order valence-electron chi connectivity index (χ0n) is 16.7. The maximum Gasteiger partial charge on any atom is 0.231 e. The van der Waals surface area contributed by atoms with Crippen molar-refractivity contribution in [3.05, 3.63) is 23.8 Å². The number of piperidine rings is 1. The van der Waals surface area contributed by atoms with Gasteiger partial charge in [0, 0.05) is 18.5 Å². The van der Waals surface area contributed by atoms with Gasteiger partial charge in [-0.15, -0.1) is 0 Å². The monoisotopic (exact) mass is 374 g/mol. The molecule has 0 spiro atoms. The number of fused-ring (bicyclic) bond motifs is 1. The molecule has 5 heteroatoms. The van der Waals surface area contributed by atoms with Crippen LogP contribution in [0, 0.1) is 11.3 Å². The van der Waals surface area contributed by atoms with Crippen molar-refractivity contribution in [2.45, 2.75) is 39.0 Å². The number of aliphatic hydroxyl groups is 1. The van der Waals surface area contributed by atoms with Gasteiger partial charge >= 0.3 is 0 Å². The molecule has 0 saturated carbocycles. The molecule has 1 aromatic carbocycles. The number of likely N-dealkylation sites (tertiary alicyclic amines) is 2. The van der Waals surface area contributed by atoms with E-state index < -0.39 is 0 Å². The highest BCUT2D eigenvalue weighted by atomic mass is 16.7. The lowest BCUT2D eigenvalue weighted by molar-refractivity contribution is 0.0152. The van der Waals surface area contributed by atoms with Crippen molar-refractivity contribution < 1.29 is 14.6 Å². The molecule has 1 N–H and O–H groups in total. The Morgan fingerprint density at radius 2 is 1.78 bits per heavy atom. The molecule has 0 unspecified atom stereocenters. The molecule has 0 radical (unpaired) electrons. The number of rotatable bonds is 7. The van der Waals surface area contributed by atoms with Crippen LogP contribution in [0.15, 0.2) is 18.2 Å². The largest absolute Gasteiger partial charge is 0.454 e. The van der Waals surface area contributed by atoms with Gasteiger partial charge in [-0.2, -0.15) is 0 Å². The maximum atomic E-state index is 10.1. The number of hydrogen-bond acceptors (Lipinski definition) is 5. The second-order valence-corrected chi connectivity index (χ2v) is 8.94. The minimum Gasteiger partial charge on any atom is -0.454 e. The summed E-state index contributed by atoms with van der Waals surface area (Å²) in [6.45, 7) is 9.89. The lowest BCUT2D eigenvalue weighted by atomic mass is 9.78. The summed E-state index contributed by atoms with van der Waals surface area (Å²) in [7, 11) is 0. The van der Waals surface area contributed by atoms with E-state index >= 15 is 0 Å². The van der Waals surface area contributed by atoms with Gasteiger partial charge in [-0.1, -0.05) is 13.0 Å². The minimum absolute atomic E-state index is 0.126. The molecular weight excluding hydrogens is 340 g/mol. The van der Waals surface area contributed by atoms with E-state index in [-0.39, 0.29) is 5.41 Å². The SMILES string of the molecule is C[C@H](Cc1ccc2c(c1)OCO2)CN1CCC(CO)(CN2CCCC2)CC1. The Kier molecular flexibility index (Phi) is 5.90. The second kappa shape index (κ2) is 8.38. The van der Waals surface area contributed by atoms with Crippen LogP contribution in [-0.2, 0) is 6.42 Å². The predicted octanol–water partition coefficient (Wildman–Crippen LogP) is 2.76. The van der Waals surface area contributed by atoms with Crippen LogP contribution in [0.3, 0.4) is 0 Å². The average molecular weight is 375 g/mol. The van der Waals surface area contributed by atoms with Crippen molar-refractivity contribution in [1.29, 1.82) is 0 Å². The predicted molar refractivity (Wildman–Crippen MR) is 106 cm³/mol. The van der Waals surface area contributed by atoms with Gasteiger partial charge in [0.1, 0.15) is 0 Å². The first-order chi connectivity index (χ1) is 13.2. The molecule has 4 rings (SSSR count). The Morgan fingerprint density at radius 1 is 1.04 bits per heavy atom. The summed E-state index contributed by atoms with van der Waals surface area (Å²) < 4.78 is 10.9. The fourth-order valence-corrected chi connectivity index (χ4v) is 4.97. The molecule has 5 nitrogen and oxygen atoms in total. The number of ether oxygens (including phenoxy) is 2. The molecule has 2 fully saturated rings. The quantitative estimate of drug-likeness (QED) is 0.795. The van der Waals surface area contributed by atoms with E-state index in [2.05, 4.69) is 28.9 Å². The molecule has 3 aliphatic heterocycles. The normalized spacial score (nSPS) is 23.6. The molecule has 0 bridgehead atoms. The Morgan fingerprint density at radius 3 is 2.52 bits per heavy atom. The van der Waals surface area contributed by atoms with Crippen LogP contribution in [0.25, 0.3) is 0 Å². The van der Waals surface area contributed by atoms with Crippen LogP contribution in [-0.4, -0.2) is 67.6 Å². The molecule has 2 saturated heterocycles. The first kappa shape index (κ1) is 19.0. The van der Waals surface area contributed by atoms with Crippen LogP contribution in [0.5, 0.6) is 11.5 Å². The van der Waals surface area contributed by atoms with Crippen molar-refractivity contribution >= 4 is 0 Å². The summed E-state index contributed by atoms with van der Waals surface area (Å²) in [5.74, 6) is 2.35. The van der Waals surface area contributed by atoms with Crippen LogP contribution in [0.1, 0.15) is 38.2 Å². The van der Waals surface area contributed by atoms with Crippen LogP contribution in [0.4, 0.5) is 0 Å². The highest BCUT2D eigenvalue weighted by Gasteiger charge is 2.36. The molecule has 3 aliphatic rings. The first-order valence-corrected chi connectivity index (χ1v) is 10.6. The summed E-state index contributed by atoms with van der Waals surface area (Å²) in [4.78, 5) is 5.16. The summed E-state index contributed by atoms with van der Waals surface area (Å²) in [5, 5.41) is 10.1. The van der Waals surface area contributed by atoms with Crippen LogP contribution < -0.4 is 9.47 Å². The van der Waals surface area contributed by atoms with Crippen molar-refractivity contribution in [3.63, 3.8) is 0 Å². The first-order valence-electron chi connectivity index (χ1n) is 10.6. The number of benzene rings is 1. The smallest absolute Gasteiger partial charge is 0.231 e. The standard InChI is InChI=1S/C22H34N2O3/c1-18(12-19-4-5-20-21(13-19)27-17-26-20)14-23-10-6-22(16-25,7-11-23)15-24-8-2-3-9-24/h4-5,13,18,25H,2-3,6-12,14-17H2,1H3/t18-/m1/s1. The zero-order valence-corrected chi connectivity index (χ0v) is 16.7. The van der Waals surface area contributed by atoms with Crippen LogP contribution in [0.2, 0.25) is 0 Å². The highest BCUT2D eigenvalue weighted by Crippen LogP contribution is 2.35. The van der Waals surface area contributed by atoms with E-state index in [1.165, 1.54) is 31.5 Å². The van der Waals surface area contributed by atoms with Crippen LogP contribution >= 0.6 is 0 Å². The minimum atomic E-state index is 0.126. The maximum absolute atomic E-state index is 10.1. The van der Waals surface area contributed by atoms with E-state index in [0.29, 0.717) is 19.3 Å². The molecule has 1 aromatic rings. The Bertz CT molecular complexity index is 622. The average Bonchev–Trinajstić information content (AvgIpc) is 3.34. The molecule has 1 atom stereocenters. The van der Waals surface area contributed by atoms with Crippen molar-refractivity contribution in [2.75, 3.05) is 52.7 Å². The topological polar surface area (TPSA) is 45.2 Å². The molecular formula is C22H34N2O3. The molecule has 0 amide bonds. The third-order valence-corrected chi connectivity index (χ3v) is 6.60.